The molecule has 19 heavy (non-hydrogen) atoms. The zero-order chi connectivity index (χ0) is 13.8. The topological polar surface area (TPSA) is 61.6 Å². The molecule has 0 aromatic heterocycles. The van der Waals surface area contributed by atoms with E-state index in [1.807, 2.05) is 12.1 Å². The predicted octanol–water partition coefficient (Wildman–Crippen LogP) is 4.16. The molecule has 0 bridgehead atoms. The van der Waals surface area contributed by atoms with Gasteiger partial charge in [-0.2, -0.15) is 0 Å². The van der Waals surface area contributed by atoms with E-state index in [1.165, 1.54) is 25.3 Å². The van der Waals surface area contributed by atoms with Crippen LogP contribution in [-0.4, -0.2) is 12.0 Å². The number of hydrogen-bond donors (Lipinski definition) is 0. The molecule has 6 heteroatoms. The molecule has 0 N–H and O–H groups in total. The van der Waals surface area contributed by atoms with Crippen LogP contribution in [-0.2, 0) is 0 Å². The number of hydrogen-bond acceptors (Lipinski definition) is 4. The van der Waals surface area contributed by atoms with Gasteiger partial charge in [-0.3, -0.25) is 10.1 Å². The average Bonchev–Trinajstić information content (AvgIpc) is 2.38. The van der Waals surface area contributed by atoms with E-state index in [-0.39, 0.29) is 11.4 Å². The number of nitrogens with zero attached hydrogens (tertiary/aromatic N) is 1. The molecular formula is C13H10BrNO4. The SMILES string of the molecule is COc1cc(Oc2cccc(Br)c2)ccc1[N+](=O)[O-]. The summed E-state index contributed by atoms with van der Waals surface area (Å²) < 4.78 is 11.5. The quantitative estimate of drug-likeness (QED) is 0.626. The lowest BCUT2D eigenvalue weighted by Gasteiger charge is -2.08. The Hall–Kier alpha value is -2.08. The predicted molar refractivity (Wildman–Crippen MR) is 73.9 cm³/mol. The molecule has 0 saturated carbocycles. The molecule has 0 atom stereocenters. The van der Waals surface area contributed by atoms with Gasteiger partial charge in [-0.25, -0.2) is 0 Å². The molecule has 0 spiro atoms. The first-order valence-electron chi connectivity index (χ1n) is 5.36. The van der Waals surface area contributed by atoms with Crippen molar-refractivity contribution in [2.75, 3.05) is 7.11 Å². The molecule has 98 valence electrons. The van der Waals surface area contributed by atoms with Gasteiger partial charge in [0.2, 0.25) is 5.75 Å². The Morgan fingerprint density at radius 1 is 1.16 bits per heavy atom. The van der Waals surface area contributed by atoms with E-state index in [4.69, 9.17) is 9.47 Å². The molecule has 2 rings (SSSR count). The van der Waals surface area contributed by atoms with Crippen LogP contribution in [0.2, 0.25) is 0 Å². The Morgan fingerprint density at radius 2 is 1.89 bits per heavy atom. The standard InChI is InChI=1S/C13H10BrNO4/c1-18-13-8-11(5-6-12(13)15(16)17)19-10-4-2-3-9(14)7-10/h2-8H,1H3. The summed E-state index contributed by atoms with van der Waals surface area (Å²) in [5, 5.41) is 10.8. The van der Waals surface area contributed by atoms with Crippen LogP contribution in [0.5, 0.6) is 17.2 Å². The van der Waals surface area contributed by atoms with E-state index in [2.05, 4.69) is 15.9 Å². The Balaban J connectivity index is 2.29. The molecule has 0 amide bonds. The molecule has 0 aliphatic carbocycles. The minimum absolute atomic E-state index is 0.0934. The molecule has 0 fully saturated rings. The van der Waals surface area contributed by atoms with Gasteiger partial charge in [0.25, 0.3) is 0 Å². The van der Waals surface area contributed by atoms with Crippen LogP contribution in [0.3, 0.4) is 0 Å². The normalized spacial score (nSPS) is 10.0. The molecule has 0 heterocycles. The molecule has 2 aromatic carbocycles. The summed E-state index contributed by atoms with van der Waals surface area (Å²) in [6.07, 6.45) is 0. The Bertz CT molecular complexity index is 615. The number of halogens is 1. The minimum atomic E-state index is -0.498. The molecule has 5 nitrogen and oxygen atoms in total. The van der Waals surface area contributed by atoms with Crippen molar-refractivity contribution in [1.29, 1.82) is 0 Å². The third kappa shape index (κ3) is 3.23. The van der Waals surface area contributed by atoms with Gasteiger partial charge in [-0.1, -0.05) is 22.0 Å². The van der Waals surface area contributed by atoms with E-state index in [0.717, 1.165) is 4.47 Å². The monoisotopic (exact) mass is 323 g/mol. The van der Waals surface area contributed by atoms with Gasteiger partial charge < -0.3 is 9.47 Å². The second-order valence-electron chi connectivity index (χ2n) is 3.65. The van der Waals surface area contributed by atoms with Crippen LogP contribution >= 0.6 is 15.9 Å². The van der Waals surface area contributed by atoms with Crippen LogP contribution < -0.4 is 9.47 Å². The number of nitro groups is 1. The first-order valence-corrected chi connectivity index (χ1v) is 6.15. The van der Waals surface area contributed by atoms with Crippen LogP contribution in [0.1, 0.15) is 0 Å². The molecule has 0 saturated heterocycles. The highest BCUT2D eigenvalue weighted by Crippen LogP contribution is 2.33. The van der Waals surface area contributed by atoms with Gasteiger partial charge in [-0.05, 0) is 24.3 Å². The van der Waals surface area contributed by atoms with Gasteiger partial charge in [-0.15, -0.1) is 0 Å². The maximum absolute atomic E-state index is 10.8. The second kappa shape index (κ2) is 5.71. The van der Waals surface area contributed by atoms with Crippen molar-refractivity contribution in [3.63, 3.8) is 0 Å². The number of methoxy groups -OCH3 is 1. The van der Waals surface area contributed by atoms with E-state index in [9.17, 15) is 10.1 Å². The smallest absolute Gasteiger partial charge is 0.311 e. The zero-order valence-corrected chi connectivity index (χ0v) is 11.6. The van der Waals surface area contributed by atoms with Gasteiger partial charge >= 0.3 is 5.69 Å². The number of rotatable bonds is 4. The summed E-state index contributed by atoms with van der Waals surface area (Å²) in [5.74, 6) is 1.27. The Morgan fingerprint density at radius 3 is 2.53 bits per heavy atom. The van der Waals surface area contributed by atoms with Crippen LogP contribution in [0.4, 0.5) is 5.69 Å². The molecule has 2 aromatic rings. The number of benzene rings is 2. The fraction of sp³-hybridized carbons (Fsp3) is 0.0769. The lowest BCUT2D eigenvalue weighted by atomic mass is 10.2. The Labute approximate surface area is 118 Å². The fourth-order valence-electron chi connectivity index (χ4n) is 1.54. The summed E-state index contributed by atoms with van der Waals surface area (Å²) in [7, 11) is 1.38. The highest BCUT2D eigenvalue weighted by molar-refractivity contribution is 9.10. The summed E-state index contributed by atoms with van der Waals surface area (Å²) in [6, 6.07) is 11.7. The van der Waals surface area contributed by atoms with Crippen LogP contribution in [0, 0.1) is 10.1 Å². The van der Waals surface area contributed by atoms with E-state index in [0.29, 0.717) is 11.5 Å². The summed E-state index contributed by atoms with van der Waals surface area (Å²) >= 11 is 3.34. The van der Waals surface area contributed by atoms with Crippen LogP contribution in [0.25, 0.3) is 0 Å². The lowest BCUT2D eigenvalue weighted by molar-refractivity contribution is -0.385. The maximum Gasteiger partial charge on any atom is 0.311 e. The number of ether oxygens (including phenoxy) is 2. The largest absolute Gasteiger partial charge is 0.490 e. The van der Waals surface area contributed by atoms with Gasteiger partial charge in [0.05, 0.1) is 12.0 Å². The molecular weight excluding hydrogens is 314 g/mol. The highest BCUT2D eigenvalue weighted by atomic mass is 79.9. The van der Waals surface area contributed by atoms with Crippen molar-refractivity contribution in [3.8, 4) is 17.2 Å². The molecule has 0 unspecified atom stereocenters. The van der Waals surface area contributed by atoms with Crippen molar-refractivity contribution < 1.29 is 14.4 Å². The third-order valence-electron chi connectivity index (χ3n) is 2.38. The van der Waals surface area contributed by atoms with Gasteiger partial charge in [0, 0.05) is 16.6 Å². The molecule has 0 aliphatic heterocycles. The molecule has 0 radical (unpaired) electrons. The van der Waals surface area contributed by atoms with E-state index in [1.54, 1.807) is 12.1 Å². The average molecular weight is 324 g/mol. The lowest BCUT2D eigenvalue weighted by Crippen LogP contribution is -1.94. The van der Waals surface area contributed by atoms with Crippen molar-refractivity contribution in [1.82, 2.24) is 0 Å². The number of nitro benzene ring substituents is 1. The highest BCUT2D eigenvalue weighted by Gasteiger charge is 2.15. The molecule has 0 aliphatic rings. The van der Waals surface area contributed by atoms with E-state index >= 15 is 0 Å². The van der Waals surface area contributed by atoms with Gasteiger partial charge in [0.15, 0.2) is 0 Å². The third-order valence-corrected chi connectivity index (χ3v) is 2.87. The van der Waals surface area contributed by atoms with Crippen molar-refractivity contribution >= 4 is 21.6 Å². The summed E-state index contributed by atoms with van der Waals surface area (Å²) in [4.78, 5) is 10.3. The fourth-order valence-corrected chi connectivity index (χ4v) is 1.92. The summed E-state index contributed by atoms with van der Waals surface area (Å²) in [5.41, 5.74) is -0.0934. The van der Waals surface area contributed by atoms with Gasteiger partial charge in [0.1, 0.15) is 11.5 Å². The Kier molecular flexibility index (Phi) is 4.01. The zero-order valence-electron chi connectivity index (χ0n) is 10.00. The maximum atomic E-state index is 10.8. The first-order chi connectivity index (χ1) is 9.10. The summed E-state index contributed by atoms with van der Waals surface area (Å²) in [6.45, 7) is 0. The second-order valence-corrected chi connectivity index (χ2v) is 4.57. The van der Waals surface area contributed by atoms with Crippen molar-refractivity contribution in [2.45, 2.75) is 0 Å². The van der Waals surface area contributed by atoms with Crippen molar-refractivity contribution in [3.05, 3.63) is 57.1 Å². The van der Waals surface area contributed by atoms with E-state index < -0.39 is 4.92 Å². The van der Waals surface area contributed by atoms with Crippen LogP contribution in [0.15, 0.2) is 46.9 Å². The first kappa shape index (κ1) is 13.4. The van der Waals surface area contributed by atoms with Crippen molar-refractivity contribution in [2.24, 2.45) is 0 Å². The minimum Gasteiger partial charge on any atom is -0.490 e.